The molecule has 2 fully saturated rings. The van der Waals surface area contributed by atoms with E-state index in [1.165, 1.54) is 0 Å². The zero-order valence-electron chi connectivity index (χ0n) is 13.5. The number of fused-ring (bicyclic) bond motifs is 1. The third-order valence-electron chi connectivity index (χ3n) is 4.73. The first-order valence-corrected chi connectivity index (χ1v) is 8.06. The Balaban J connectivity index is 1.46. The Hall–Kier alpha value is -2.71. The molecule has 1 atom stereocenters. The van der Waals surface area contributed by atoms with Crippen molar-refractivity contribution in [2.24, 2.45) is 13.0 Å². The average Bonchev–Trinajstić information content (AvgIpc) is 3.21. The normalized spacial score (nSPS) is 21.4. The minimum atomic E-state index is -0.215. The van der Waals surface area contributed by atoms with Gasteiger partial charge in [-0.05, 0) is 0 Å². The number of amides is 2. The smallest absolute Gasteiger partial charge is 0.228 e. The van der Waals surface area contributed by atoms with Gasteiger partial charge in [-0.15, -0.1) is 0 Å². The van der Waals surface area contributed by atoms with Gasteiger partial charge < -0.3 is 15.1 Å². The number of rotatable bonds is 2. The highest BCUT2D eigenvalue weighted by Crippen LogP contribution is 2.24. The number of nitrogens with zero attached hydrogens (tertiary/aromatic N) is 6. The zero-order chi connectivity index (χ0) is 16.7. The molecule has 2 aromatic heterocycles. The average molecular weight is 329 g/mol. The zero-order valence-corrected chi connectivity index (χ0v) is 13.5. The fourth-order valence-electron chi connectivity index (χ4n) is 3.38. The summed E-state index contributed by atoms with van der Waals surface area (Å²) in [5.41, 5.74) is 0.800. The van der Waals surface area contributed by atoms with Gasteiger partial charge in [0.05, 0.1) is 17.5 Å². The highest BCUT2D eigenvalue weighted by Gasteiger charge is 2.33. The van der Waals surface area contributed by atoms with Gasteiger partial charge in [0.1, 0.15) is 12.1 Å². The summed E-state index contributed by atoms with van der Waals surface area (Å²) >= 11 is 0. The molecule has 2 aliphatic heterocycles. The van der Waals surface area contributed by atoms with Crippen LogP contribution in [0.1, 0.15) is 6.42 Å². The Morgan fingerprint density at radius 3 is 2.75 bits per heavy atom. The van der Waals surface area contributed by atoms with Gasteiger partial charge in [0.15, 0.2) is 5.65 Å². The Labute approximate surface area is 138 Å². The first-order chi connectivity index (χ1) is 11.6. The van der Waals surface area contributed by atoms with Crippen molar-refractivity contribution in [1.29, 1.82) is 0 Å². The van der Waals surface area contributed by atoms with E-state index in [1.54, 1.807) is 17.2 Å². The Kier molecular flexibility index (Phi) is 3.55. The molecule has 126 valence electrons. The number of anilines is 1. The van der Waals surface area contributed by atoms with Crippen LogP contribution in [-0.4, -0.2) is 69.2 Å². The first kappa shape index (κ1) is 14.9. The number of nitrogens with one attached hydrogen (secondary N) is 1. The second-order valence-electron chi connectivity index (χ2n) is 6.22. The highest BCUT2D eigenvalue weighted by atomic mass is 16.2. The highest BCUT2D eigenvalue weighted by molar-refractivity contribution is 5.89. The van der Waals surface area contributed by atoms with E-state index in [0.29, 0.717) is 39.1 Å². The lowest BCUT2D eigenvalue weighted by atomic mass is 10.1. The number of aromatic nitrogens is 4. The fraction of sp³-hybridized carbons (Fsp3) is 0.533. The summed E-state index contributed by atoms with van der Waals surface area (Å²) in [5.74, 6) is 0.681. The quantitative estimate of drug-likeness (QED) is 0.771. The molecule has 2 saturated heterocycles. The van der Waals surface area contributed by atoms with E-state index in [0.717, 1.165) is 16.9 Å². The third-order valence-corrected chi connectivity index (χ3v) is 4.73. The molecule has 0 radical (unpaired) electrons. The van der Waals surface area contributed by atoms with Gasteiger partial charge in [0.25, 0.3) is 0 Å². The molecule has 2 aliphatic rings. The monoisotopic (exact) mass is 329 g/mol. The SMILES string of the molecule is Cn1ncc2c(N3CCN(C(=O)C4CNC(=O)C4)CC3)ncnc21. The van der Waals surface area contributed by atoms with Crippen LogP contribution in [0.3, 0.4) is 0 Å². The topological polar surface area (TPSA) is 96.2 Å². The predicted molar refractivity (Wildman–Crippen MR) is 86.2 cm³/mol. The van der Waals surface area contributed by atoms with Crippen LogP contribution < -0.4 is 10.2 Å². The maximum absolute atomic E-state index is 12.5. The summed E-state index contributed by atoms with van der Waals surface area (Å²) in [6.45, 7) is 3.15. The molecule has 1 unspecified atom stereocenters. The lowest BCUT2D eigenvalue weighted by Crippen LogP contribution is -2.51. The molecular formula is C15H19N7O2. The first-order valence-electron chi connectivity index (χ1n) is 8.06. The second kappa shape index (κ2) is 5.73. The van der Waals surface area contributed by atoms with E-state index >= 15 is 0 Å². The van der Waals surface area contributed by atoms with Crippen molar-refractivity contribution >= 4 is 28.7 Å². The van der Waals surface area contributed by atoms with Crippen molar-refractivity contribution in [3.63, 3.8) is 0 Å². The second-order valence-corrected chi connectivity index (χ2v) is 6.22. The van der Waals surface area contributed by atoms with Crippen molar-refractivity contribution in [3.8, 4) is 0 Å². The molecule has 0 aliphatic carbocycles. The summed E-state index contributed by atoms with van der Waals surface area (Å²) in [7, 11) is 1.85. The van der Waals surface area contributed by atoms with Gasteiger partial charge >= 0.3 is 0 Å². The number of hydrogen-bond donors (Lipinski definition) is 1. The number of carbonyl (C=O) groups excluding carboxylic acids is 2. The lowest BCUT2D eigenvalue weighted by Gasteiger charge is -2.36. The maximum Gasteiger partial charge on any atom is 0.228 e. The molecule has 0 aromatic carbocycles. The lowest BCUT2D eigenvalue weighted by molar-refractivity contribution is -0.136. The molecule has 4 rings (SSSR count). The number of hydrogen-bond acceptors (Lipinski definition) is 6. The summed E-state index contributed by atoms with van der Waals surface area (Å²) in [5, 5.41) is 7.88. The van der Waals surface area contributed by atoms with E-state index < -0.39 is 0 Å². The molecule has 0 bridgehead atoms. The van der Waals surface area contributed by atoms with Crippen LogP contribution in [0, 0.1) is 5.92 Å². The van der Waals surface area contributed by atoms with Crippen LogP contribution in [0.4, 0.5) is 5.82 Å². The van der Waals surface area contributed by atoms with Crippen LogP contribution in [0.15, 0.2) is 12.5 Å². The fourth-order valence-corrected chi connectivity index (χ4v) is 3.38. The summed E-state index contributed by atoms with van der Waals surface area (Å²) in [6, 6.07) is 0. The molecule has 4 heterocycles. The van der Waals surface area contributed by atoms with E-state index in [1.807, 2.05) is 11.9 Å². The molecule has 2 aromatic rings. The Morgan fingerprint density at radius 2 is 2.04 bits per heavy atom. The van der Waals surface area contributed by atoms with Crippen molar-refractivity contribution in [2.45, 2.75) is 6.42 Å². The summed E-state index contributed by atoms with van der Waals surface area (Å²) < 4.78 is 1.73. The minimum Gasteiger partial charge on any atom is -0.355 e. The largest absolute Gasteiger partial charge is 0.355 e. The van der Waals surface area contributed by atoms with Crippen LogP contribution >= 0.6 is 0 Å². The van der Waals surface area contributed by atoms with Gasteiger partial charge in [-0.2, -0.15) is 5.10 Å². The van der Waals surface area contributed by atoms with Crippen LogP contribution in [-0.2, 0) is 16.6 Å². The van der Waals surface area contributed by atoms with Crippen molar-refractivity contribution < 1.29 is 9.59 Å². The van der Waals surface area contributed by atoms with Gasteiger partial charge in [-0.1, -0.05) is 0 Å². The van der Waals surface area contributed by atoms with E-state index in [2.05, 4.69) is 25.3 Å². The van der Waals surface area contributed by atoms with E-state index in [-0.39, 0.29) is 17.7 Å². The summed E-state index contributed by atoms with van der Waals surface area (Å²) in [6.07, 6.45) is 3.63. The van der Waals surface area contributed by atoms with Crippen LogP contribution in [0.25, 0.3) is 11.0 Å². The summed E-state index contributed by atoms with van der Waals surface area (Å²) in [4.78, 5) is 36.4. The molecule has 24 heavy (non-hydrogen) atoms. The molecule has 0 spiro atoms. The van der Waals surface area contributed by atoms with E-state index in [4.69, 9.17) is 0 Å². The van der Waals surface area contributed by atoms with Crippen LogP contribution in [0.5, 0.6) is 0 Å². The van der Waals surface area contributed by atoms with Crippen molar-refractivity contribution in [3.05, 3.63) is 12.5 Å². The number of aryl methyl sites for hydroxylation is 1. The van der Waals surface area contributed by atoms with Gasteiger partial charge in [0, 0.05) is 46.2 Å². The Bertz CT molecular complexity index is 794. The Morgan fingerprint density at radius 1 is 1.25 bits per heavy atom. The maximum atomic E-state index is 12.5. The standard InChI is InChI=1S/C15H19N7O2/c1-20-13-11(8-19-20)14(18-9-17-13)21-2-4-22(5-3-21)15(24)10-6-12(23)16-7-10/h8-10H,2-7H2,1H3,(H,16,23). The predicted octanol–water partition coefficient (Wildman–Crippen LogP) is -0.852. The molecule has 9 nitrogen and oxygen atoms in total. The van der Waals surface area contributed by atoms with Gasteiger partial charge in [-0.3, -0.25) is 14.3 Å². The minimum absolute atomic E-state index is 0.0352. The molecule has 0 saturated carbocycles. The van der Waals surface area contributed by atoms with Gasteiger partial charge in [-0.25, -0.2) is 9.97 Å². The number of piperazine rings is 1. The third kappa shape index (κ3) is 2.45. The molecule has 2 amide bonds. The molecule has 9 heteroatoms. The van der Waals surface area contributed by atoms with Crippen LogP contribution in [0.2, 0.25) is 0 Å². The molecule has 1 N–H and O–H groups in total. The van der Waals surface area contributed by atoms with E-state index in [9.17, 15) is 9.59 Å². The number of carbonyl (C=O) groups is 2. The molecular weight excluding hydrogens is 310 g/mol. The van der Waals surface area contributed by atoms with Crippen molar-refractivity contribution in [1.82, 2.24) is 30.0 Å². The van der Waals surface area contributed by atoms with Gasteiger partial charge in [0.2, 0.25) is 11.8 Å². The van der Waals surface area contributed by atoms with Crippen molar-refractivity contribution in [2.75, 3.05) is 37.6 Å².